The van der Waals surface area contributed by atoms with Crippen LogP contribution >= 0.6 is 0 Å². The molecule has 1 aliphatic rings. The fourth-order valence-corrected chi connectivity index (χ4v) is 3.93. The first kappa shape index (κ1) is 19.4. The third-order valence-corrected chi connectivity index (χ3v) is 5.22. The van der Waals surface area contributed by atoms with E-state index in [1.807, 2.05) is 0 Å². The van der Waals surface area contributed by atoms with E-state index in [9.17, 15) is 0 Å². The molecule has 2 aromatic rings. The molecule has 0 atom stereocenters. The zero-order valence-corrected chi connectivity index (χ0v) is 17.4. The van der Waals surface area contributed by atoms with Gasteiger partial charge in [-0.15, -0.1) is 0 Å². The van der Waals surface area contributed by atoms with E-state index in [0.717, 1.165) is 44.2 Å². The van der Waals surface area contributed by atoms with Gasteiger partial charge in [-0.05, 0) is 57.1 Å². The Kier molecular flexibility index (Phi) is 6.17. The highest BCUT2D eigenvalue weighted by atomic mass is 15.3. The first-order valence-corrected chi connectivity index (χ1v) is 9.94. The van der Waals surface area contributed by atoms with Gasteiger partial charge < -0.3 is 9.80 Å². The predicted molar refractivity (Wildman–Crippen MR) is 114 cm³/mol. The normalized spacial score (nSPS) is 13.9. The summed E-state index contributed by atoms with van der Waals surface area (Å²) in [5.41, 5.74) is 7.59. The minimum Gasteiger partial charge on any atom is -0.352 e. The number of hydrogen-bond donors (Lipinski definition) is 0. The molecule has 2 heterocycles. The third kappa shape index (κ3) is 4.69. The van der Waals surface area contributed by atoms with Gasteiger partial charge in [-0.1, -0.05) is 37.6 Å². The maximum absolute atomic E-state index is 4.88. The number of anilines is 1. The van der Waals surface area contributed by atoms with Crippen LogP contribution in [0, 0.1) is 20.8 Å². The van der Waals surface area contributed by atoms with Crippen LogP contribution in [0.5, 0.6) is 0 Å². The summed E-state index contributed by atoms with van der Waals surface area (Å²) in [5.74, 6) is 0. The molecule has 0 fully saturated rings. The Balaban J connectivity index is 1.67. The number of aryl methyl sites for hydroxylation is 3. The Morgan fingerprint density at radius 3 is 2.30 bits per heavy atom. The standard InChI is InChI=1S/C23H32N4/c1-6-25(7-2)15-21-9-8-10-22(24-21)16-26-11-12-27(17-26)23-19(4)13-18(3)14-20(23)5/h8-14H,6-7,15-17H2,1-5H3. The van der Waals surface area contributed by atoms with E-state index in [2.05, 4.69) is 92.1 Å². The summed E-state index contributed by atoms with van der Waals surface area (Å²) in [6.45, 7) is 15.7. The lowest BCUT2D eigenvalue weighted by Crippen LogP contribution is -2.26. The van der Waals surface area contributed by atoms with Crippen molar-refractivity contribution in [2.45, 2.75) is 47.7 Å². The average molecular weight is 365 g/mol. The van der Waals surface area contributed by atoms with Crippen LogP contribution in [-0.2, 0) is 13.1 Å². The average Bonchev–Trinajstić information content (AvgIpc) is 3.07. The molecule has 1 aromatic carbocycles. The lowest BCUT2D eigenvalue weighted by atomic mass is 10.0. The number of hydrogen-bond acceptors (Lipinski definition) is 4. The van der Waals surface area contributed by atoms with E-state index >= 15 is 0 Å². The van der Waals surface area contributed by atoms with Crippen molar-refractivity contribution in [3.63, 3.8) is 0 Å². The Morgan fingerprint density at radius 1 is 0.963 bits per heavy atom. The molecule has 0 spiro atoms. The van der Waals surface area contributed by atoms with E-state index < -0.39 is 0 Å². The van der Waals surface area contributed by atoms with Crippen molar-refractivity contribution in [2.24, 2.45) is 0 Å². The van der Waals surface area contributed by atoms with Gasteiger partial charge in [-0.2, -0.15) is 0 Å². The van der Waals surface area contributed by atoms with Crippen LogP contribution in [0.15, 0.2) is 42.7 Å². The number of rotatable bonds is 7. The maximum atomic E-state index is 4.88. The summed E-state index contributed by atoms with van der Waals surface area (Å²) in [6, 6.07) is 10.9. The molecule has 0 unspecified atom stereocenters. The summed E-state index contributed by atoms with van der Waals surface area (Å²) in [4.78, 5) is 11.9. The highest BCUT2D eigenvalue weighted by Crippen LogP contribution is 2.29. The molecule has 0 saturated carbocycles. The molecule has 144 valence electrons. The topological polar surface area (TPSA) is 22.6 Å². The van der Waals surface area contributed by atoms with Crippen LogP contribution < -0.4 is 4.90 Å². The Bertz CT molecular complexity index is 785. The lowest BCUT2D eigenvalue weighted by Gasteiger charge is -2.25. The summed E-state index contributed by atoms with van der Waals surface area (Å²) < 4.78 is 0. The number of benzene rings is 1. The van der Waals surface area contributed by atoms with Gasteiger partial charge in [0.05, 0.1) is 24.6 Å². The Hall–Kier alpha value is -2.33. The fraction of sp³-hybridized carbons (Fsp3) is 0.435. The van der Waals surface area contributed by atoms with Crippen molar-refractivity contribution in [3.8, 4) is 0 Å². The molecule has 0 bridgehead atoms. The van der Waals surface area contributed by atoms with Crippen molar-refractivity contribution in [3.05, 3.63) is 70.8 Å². The molecular formula is C23H32N4. The molecule has 0 amide bonds. The van der Waals surface area contributed by atoms with E-state index in [0.29, 0.717) is 0 Å². The van der Waals surface area contributed by atoms with Crippen LogP contribution in [0.4, 0.5) is 5.69 Å². The largest absolute Gasteiger partial charge is 0.352 e. The first-order chi connectivity index (χ1) is 13.0. The number of pyridine rings is 1. The Labute approximate surface area is 164 Å². The van der Waals surface area contributed by atoms with Crippen LogP contribution in [0.1, 0.15) is 41.9 Å². The SMILES string of the molecule is CCN(CC)Cc1cccc(CN2C=CN(c3c(C)cc(C)cc3C)C2)n1. The van der Waals surface area contributed by atoms with Crippen molar-refractivity contribution in [2.75, 3.05) is 24.7 Å². The van der Waals surface area contributed by atoms with Gasteiger partial charge in [0, 0.05) is 24.6 Å². The second-order valence-electron chi connectivity index (χ2n) is 7.49. The van der Waals surface area contributed by atoms with Crippen molar-refractivity contribution >= 4 is 5.69 Å². The van der Waals surface area contributed by atoms with Gasteiger partial charge >= 0.3 is 0 Å². The summed E-state index contributed by atoms with van der Waals surface area (Å²) >= 11 is 0. The van der Waals surface area contributed by atoms with Crippen molar-refractivity contribution in [1.82, 2.24) is 14.8 Å². The molecular weight excluding hydrogens is 332 g/mol. The van der Waals surface area contributed by atoms with Crippen molar-refractivity contribution in [1.29, 1.82) is 0 Å². The lowest BCUT2D eigenvalue weighted by molar-refractivity contribution is 0.291. The second-order valence-corrected chi connectivity index (χ2v) is 7.49. The van der Waals surface area contributed by atoms with E-state index in [-0.39, 0.29) is 0 Å². The van der Waals surface area contributed by atoms with Crippen LogP contribution in [-0.4, -0.2) is 34.5 Å². The maximum Gasteiger partial charge on any atom is 0.0946 e. The zero-order valence-electron chi connectivity index (χ0n) is 17.4. The molecule has 4 heteroatoms. The van der Waals surface area contributed by atoms with Gasteiger partial charge in [0.1, 0.15) is 0 Å². The van der Waals surface area contributed by atoms with Crippen LogP contribution in [0.2, 0.25) is 0 Å². The van der Waals surface area contributed by atoms with Gasteiger partial charge in [-0.3, -0.25) is 9.88 Å². The second kappa shape index (κ2) is 8.57. The number of nitrogens with zero attached hydrogens (tertiary/aromatic N) is 4. The smallest absolute Gasteiger partial charge is 0.0946 e. The molecule has 3 rings (SSSR count). The molecule has 1 aliphatic heterocycles. The third-order valence-electron chi connectivity index (χ3n) is 5.22. The first-order valence-electron chi connectivity index (χ1n) is 9.94. The summed E-state index contributed by atoms with van der Waals surface area (Å²) in [5, 5.41) is 0. The van der Waals surface area contributed by atoms with Gasteiger partial charge in [0.25, 0.3) is 0 Å². The summed E-state index contributed by atoms with van der Waals surface area (Å²) in [6.07, 6.45) is 4.36. The van der Waals surface area contributed by atoms with Gasteiger partial charge in [-0.25, -0.2) is 0 Å². The fourth-order valence-electron chi connectivity index (χ4n) is 3.93. The van der Waals surface area contributed by atoms with E-state index in [4.69, 9.17) is 4.98 Å². The van der Waals surface area contributed by atoms with Crippen LogP contribution in [0.25, 0.3) is 0 Å². The molecule has 0 radical (unpaired) electrons. The quantitative estimate of drug-likeness (QED) is 0.716. The molecule has 1 aromatic heterocycles. The van der Waals surface area contributed by atoms with Crippen molar-refractivity contribution < 1.29 is 0 Å². The highest BCUT2D eigenvalue weighted by molar-refractivity contribution is 5.62. The summed E-state index contributed by atoms with van der Waals surface area (Å²) in [7, 11) is 0. The molecule has 27 heavy (non-hydrogen) atoms. The Morgan fingerprint density at radius 2 is 1.63 bits per heavy atom. The zero-order chi connectivity index (χ0) is 19.4. The van der Waals surface area contributed by atoms with E-state index in [1.54, 1.807) is 0 Å². The molecule has 4 nitrogen and oxygen atoms in total. The molecule has 0 saturated heterocycles. The molecule has 0 N–H and O–H groups in total. The minimum atomic E-state index is 0.836. The molecule has 0 aliphatic carbocycles. The highest BCUT2D eigenvalue weighted by Gasteiger charge is 2.18. The monoisotopic (exact) mass is 364 g/mol. The van der Waals surface area contributed by atoms with Crippen LogP contribution in [0.3, 0.4) is 0 Å². The number of aromatic nitrogens is 1. The van der Waals surface area contributed by atoms with Gasteiger partial charge in [0.2, 0.25) is 0 Å². The predicted octanol–water partition coefficient (Wildman–Crippen LogP) is 4.60. The van der Waals surface area contributed by atoms with Gasteiger partial charge in [0.15, 0.2) is 0 Å². The minimum absolute atomic E-state index is 0.836. The van der Waals surface area contributed by atoms with E-state index in [1.165, 1.54) is 22.4 Å².